The zero-order valence-corrected chi connectivity index (χ0v) is 11.1. The molecular formula is C15H28O. The standard InChI is InChI=1S/C15H28O/c1-12(2)16-15-10-6-9-14(11-15)13-7-4-3-5-8-13/h12-15H,3-11H2,1-2H3. The molecule has 0 heterocycles. The minimum Gasteiger partial charge on any atom is -0.376 e. The maximum absolute atomic E-state index is 6.01. The molecule has 0 amide bonds. The van der Waals surface area contributed by atoms with Crippen LogP contribution in [-0.4, -0.2) is 12.2 Å². The largest absolute Gasteiger partial charge is 0.376 e. The van der Waals surface area contributed by atoms with Gasteiger partial charge in [-0.05, 0) is 44.9 Å². The summed E-state index contributed by atoms with van der Waals surface area (Å²) in [4.78, 5) is 0. The van der Waals surface area contributed by atoms with E-state index in [1.807, 2.05) is 0 Å². The topological polar surface area (TPSA) is 9.23 Å². The van der Waals surface area contributed by atoms with Gasteiger partial charge in [-0.15, -0.1) is 0 Å². The molecule has 2 unspecified atom stereocenters. The Balaban J connectivity index is 1.80. The molecule has 0 saturated heterocycles. The number of hydrogen-bond donors (Lipinski definition) is 0. The van der Waals surface area contributed by atoms with Crippen LogP contribution in [0.1, 0.15) is 71.6 Å². The second-order valence-electron chi connectivity index (χ2n) is 6.13. The maximum Gasteiger partial charge on any atom is 0.0581 e. The molecule has 0 radical (unpaired) electrons. The van der Waals surface area contributed by atoms with Gasteiger partial charge < -0.3 is 4.74 Å². The van der Waals surface area contributed by atoms with E-state index >= 15 is 0 Å². The van der Waals surface area contributed by atoms with Gasteiger partial charge in [-0.25, -0.2) is 0 Å². The van der Waals surface area contributed by atoms with Crippen molar-refractivity contribution in [1.82, 2.24) is 0 Å². The second-order valence-corrected chi connectivity index (χ2v) is 6.13. The number of ether oxygens (including phenoxy) is 1. The molecule has 0 aromatic heterocycles. The van der Waals surface area contributed by atoms with E-state index in [-0.39, 0.29) is 0 Å². The average molecular weight is 224 g/mol. The first kappa shape index (κ1) is 12.4. The SMILES string of the molecule is CC(C)OC1CCCC(C2CCCCC2)C1. The third kappa shape index (κ3) is 3.48. The second kappa shape index (κ2) is 6.05. The lowest BCUT2D eigenvalue weighted by Gasteiger charge is -2.37. The first-order valence-electron chi connectivity index (χ1n) is 7.41. The zero-order chi connectivity index (χ0) is 11.4. The first-order chi connectivity index (χ1) is 7.75. The predicted octanol–water partition coefficient (Wildman–Crippen LogP) is 4.55. The highest BCUT2D eigenvalue weighted by atomic mass is 16.5. The van der Waals surface area contributed by atoms with Gasteiger partial charge in [0.05, 0.1) is 12.2 Å². The van der Waals surface area contributed by atoms with E-state index in [1.54, 1.807) is 0 Å². The predicted molar refractivity (Wildman–Crippen MR) is 68.5 cm³/mol. The summed E-state index contributed by atoms with van der Waals surface area (Å²) in [5, 5.41) is 0. The normalized spacial score (nSPS) is 33.2. The molecule has 0 aliphatic heterocycles. The molecule has 16 heavy (non-hydrogen) atoms. The van der Waals surface area contributed by atoms with Gasteiger partial charge in [-0.1, -0.05) is 38.5 Å². The molecule has 2 rings (SSSR count). The fraction of sp³-hybridized carbons (Fsp3) is 1.00. The lowest BCUT2D eigenvalue weighted by atomic mass is 9.72. The molecule has 2 atom stereocenters. The molecular weight excluding hydrogens is 196 g/mol. The van der Waals surface area contributed by atoms with Gasteiger partial charge >= 0.3 is 0 Å². The Morgan fingerprint density at radius 2 is 1.50 bits per heavy atom. The number of rotatable bonds is 3. The summed E-state index contributed by atoms with van der Waals surface area (Å²) >= 11 is 0. The van der Waals surface area contributed by atoms with Crippen LogP contribution in [0.3, 0.4) is 0 Å². The van der Waals surface area contributed by atoms with Crippen LogP contribution in [0.5, 0.6) is 0 Å². The molecule has 2 fully saturated rings. The van der Waals surface area contributed by atoms with E-state index in [4.69, 9.17) is 4.74 Å². The smallest absolute Gasteiger partial charge is 0.0581 e. The van der Waals surface area contributed by atoms with Crippen molar-refractivity contribution in [2.75, 3.05) is 0 Å². The van der Waals surface area contributed by atoms with Gasteiger partial charge in [-0.3, -0.25) is 0 Å². The molecule has 2 aliphatic carbocycles. The fourth-order valence-corrected chi connectivity index (χ4v) is 3.72. The molecule has 1 nitrogen and oxygen atoms in total. The van der Waals surface area contributed by atoms with Crippen molar-refractivity contribution in [3.8, 4) is 0 Å². The summed E-state index contributed by atoms with van der Waals surface area (Å²) in [6.07, 6.45) is 14.0. The van der Waals surface area contributed by atoms with Crippen LogP contribution in [0, 0.1) is 11.8 Å². The highest BCUT2D eigenvalue weighted by Gasteiger charge is 2.29. The van der Waals surface area contributed by atoms with Crippen molar-refractivity contribution in [1.29, 1.82) is 0 Å². The lowest BCUT2D eigenvalue weighted by Crippen LogP contribution is -2.30. The van der Waals surface area contributed by atoms with Crippen molar-refractivity contribution in [3.63, 3.8) is 0 Å². The summed E-state index contributed by atoms with van der Waals surface area (Å²) in [7, 11) is 0. The zero-order valence-electron chi connectivity index (χ0n) is 11.1. The van der Waals surface area contributed by atoms with Crippen LogP contribution in [0.2, 0.25) is 0 Å². The van der Waals surface area contributed by atoms with E-state index in [9.17, 15) is 0 Å². The van der Waals surface area contributed by atoms with Crippen molar-refractivity contribution in [2.24, 2.45) is 11.8 Å². The van der Waals surface area contributed by atoms with Crippen molar-refractivity contribution in [2.45, 2.75) is 83.8 Å². The Labute approximate surface area is 101 Å². The van der Waals surface area contributed by atoms with Gasteiger partial charge in [0.2, 0.25) is 0 Å². The summed E-state index contributed by atoms with van der Waals surface area (Å²) in [5.41, 5.74) is 0. The molecule has 2 aliphatic rings. The highest BCUT2D eigenvalue weighted by Crippen LogP contribution is 2.39. The molecule has 0 aromatic carbocycles. The van der Waals surface area contributed by atoms with Crippen molar-refractivity contribution in [3.05, 3.63) is 0 Å². The Hall–Kier alpha value is -0.0400. The quantitative estimate of drug-likeness (QED) is 0.683. The summed E-state index contributed by atoms with van der Waals surface area (Å²) in [6.45, 7) is 4.34. The summed E-state index contributed by atoms with van der Waals surface area (Å²) in [6, 6.07) is 0. The number of hydrogen-bond acceptors (Lipinski definition) is 1. The summed E-state index contributed by atoms with van der Waals surface area (Å²) < 4.78 is 6.01. The first-order valence-corrected chi connectivity index (χ1v) is 7.41. The monoisotopic (exact) mass is 224 g/mol. The van der Waals surface area contributed by atoms with Crippen LogP contribution >= 0.6 is 0 Å². The Morgan fingerprint density at radius 3 is 2.19 bits per heavy atom. The minimum atomic E-state index is 0.412. The van der Waals surface area contributed by atoms with Crippen molar-refractivity contribution >= 4 is 0 Å². The van der Waals surface area contributed by atoms with Crippen LogP contribution < -0.4 is 0 Å². The Kier molecular flexibility index (Phi) is 4.69. The van der Waals surface area contributed by atoms with Crippen molar-refractivity contribution < 1.29 is 4.74 Å². The molecule has 1 heteroatoms. The van der Waals surface area contributed by atoms with Crippen LogP contribution in [0.4, 0.5) is 0 Å². The molecule has 0 bridgehead atoms. The molecule has 0 N–H and O–H groups in total. The summed E-state index contributed by atoms with van der Waals surface area (Å²) in [5.74, 6) is 2.02. The van der Waals surface area contributed by atoms with E-state index in [2.05, 4.69) is 13.8 Å². The molecule has 2 saturated carbocycles. The van der Waals surface area contributed by atoms with E-state index < -0.39 is 0 Å². The molecule has 0 aromatic rings. The third-order valence-corrected chi connectivity index (χ3v) is 4.45. The Bertz CT molecular complexity index is 194. The van der Waals surface area contributed by atoms with Crippen LogP contribution in [0.15, 0.2) is 0 Å². The van der Waals surface area contributed by atoms with Gasteiger partial charge in [0.1, 0.15) is 0 Å². The van der Waals surface area contributed by atoms with Crippen LogP contribution in [0.25, 0.3) is 0 Å². The van der Waals surface area contributed by atoms with Crippen LogP contribution in [-0.2, 0) is 4.74 Å². The lowest BCUT2D eigenvalue weighted by molar-refractivity contribution is -0.0332. The van der Waals surface area contributed by atoms with Gasteiger partial charge in [0.15, 0.2) is 0 Å². The third-order valence-electron chi connectivity index (χ3n) is 4.45. The van der Waals surface area contributed by atoms with E-state index in [0.717, 1.165) is 11.8 Å². The minimum absolute atomic E-state index is 0.412. The van der Waals surface area contributed by atoms with E-state index in [0.29, 0.717) is 12.2 Å². The van der Waals surface area contributed by atoms with Gasteiger partial charge in [0.25, 0.3) is 0 Å². The molecule has 94 valence electrons. The van der Waals surface area contributed by atoms with Gasteiger partial charge in [0, 0.05) is 0 Å². The van der Waals surface area contributed by atoms with E-state index in [1.165, 1.54) is 57.8 Å². The average Bonchev–Trinajstić information content (AvgIpc) is 2.30. The van der Waals surface area contributed by atoms with Gasteiger partial charge in [-0.2, -0.15) is 0 Å². The fourth-order valence-electron chi connectivity index (χ4n) is 3.72. The highest BCUT2D eigenvalue weighted by molar-refractivity contribution is 4.81. The maximum atomic E-state index is 6.01. The molecule has 0 spiro atoms. The Morgan fingerprint density at radius 1 is 0.812 bits per heavy atom.